The van der Waals surface area contributed by atoms with Gasteiger partial charge in [-0.15, -0.1) is 0 Å². The number of aliphatic carboxylic acids is 1. The maximum atomic E-state index is 13.5. The maximum Gasteiger partial charge on any atom is 0.288 e. The highest BCUT2D eigenvalue weighted by molar-refractivity contribution is 6.33. The number of halogens is 1. The SMILES string of the molecule is O=C([O-])CC12C[C@H]3C[C@@H](C1)CC(n1ncc(N4CCC5(CC4)OCCO5)c(Cl)c1=O)(C3)C2. The summed E-state index contributed by atoms with van der Waals surface area (Å²) in [6, 6.07) is 0. The van der Waals surface area contributed by atoms with Gasteiger partial charge in [-0.2, -0.15) is 5.10 Å². The van der Waals surface area contributed by atoms with E-state index in [0.717, 1.165) is 44.9 Å². The van der Waals surface area contributed by atoms with Crippen LogP contribution in [0.3, 0.4) is 0 Å². The van der Waals surface area contributed by atoms with Gasteiger partial charge in [-0.3, -0.25) is 4.79 Å². The molecule has 4 aliphatic carbocycles. The first kappa shape index (κ1) is 20.9. The molecule has 6 aliphatic rings. The van der Waals surface area contributed by atoms with Crippen LogP contribution in [0, 0.1) is 17.3 Å². The zero-order valence-electron chi connectivity index (χ0n) is 18.2. The van der Waals surface area contributed by atoms with Gasteiger partial charge in [-0.25, -0.2) is 4.68 Å². The van der Waals surface area contributed by atoms with Crippen molar-refractivity contribution in [1.82, 2.24) is 9.78 Å². The van der Waals surface area contributed by atoms with Crippen molar-refractivity contribution in [2.75, 3.05) is 31.2 Å². The number of aromatic nitrogens is 2. The van der Waals surface area contributed by atoms with E-state index in [4.69, 9.17) is 21.1 Å². The Balaban J connectivity index is 1.29. The normalized spacial score (nSPS) is 37.3. The molecule has 0 N–H and O–H groups in total. The highest BCUT2D eigenvalue weighted by Crippen LogP contribution is 2.65. The summed E-state index contributed by atoms with van der Waals surface area (Å²) in [6.07, 6.45) is 8.63. The van der Waals surface area contributed by atoms with Crippen molar-refractivity contribution in [3.8, 4) is 0 Å². The van der Waals surface area contributed by atoms with Gasteiger partial charge in [0.1, 0.15) is 5.02 Å². The fraction of sp³-hybridized carbons (Fsp3) is 0.783. The fourth-order valence-corrected chi connectivity index (χ4v) is 8.27. The number of hydrogen-bond donors (Lipinski definition) is 0. The molecule has 0 radical (unpaired) electrons. The molecule has 9 heteroatoms. The molecule has 0 amide bonds. The Bertz CT molecular complexity index is 980. The molecule has 2 saturated heterocycles. The largest absolute Gasteiger partial charge is 0.550 e. The number of piperidine rings is 1. The highest BCUT2D eigenvalue weighted by atomic mass is 35.5. The average molecular weight is 463 g/mol. The Morgan fingerprint density at radius 2 is 1.81 bits per heavy atom. The van der Waals surface area contributed by atoms with E-state index >= 15 is 0 Å². The quantitative estimate of drug-likeness (QED) is 0.671. The molecule has 174 valence electrons. The second-order valence-corrected chi connectivity index (χ2v) is 11.3. The predicted octanol–water partition coefficient (Wildman–Crippen LogP) is 1.68. The van der Waals surface area contributed by atoms with Gasteiger partial charge in [-0.05, 0) is 62.2 Å². The van der Waals surface area contributed by atoms with Crippen LogP contribution in [0.1, 0.15) is 57.8 Å². The minimum absolute atomic E-state index is 0.0714. The zero-order chi connectivity index (χ0) is 22.1. The molecule has 1 spiro atoms. The molecule has 32 heavy (non-hydrogen) atoms. The van der Waals surface area contributed by atoms with Crippen LogP contribution in [-0.2, 0) is 19.8 Å². The Hall–Kier alpha value is -1.64. The van der Waals surface area contributed by atoms with Crippen LogP contribution in [0.5, 0.6) is 0 Å². The number of carbonyl (C=O) groups is 1. The lowest BCUT2D eigenvalue weighted by molar-refractivity contribution is -0.310. The van der Waals surface area contributed by atoms with Crippen LogP contribution >= 0.6 is 11.6 Å². The Morgan fingerprint density at radius 1 is 1.16 bits per heavy atom. The number of rotatable bonds is 4. The third kappa shape index (κ3) is 3.21. The zero-order valence-corrected chi connectivity index (χ0v) is 18.9. The molecular weight excluding hydrogens is 434 g/mol. The molecule has 3 heterocycles. The molecule has 4 saturated carbocycles. The van der Waals surface area contributed by atoms with Gasteiger partial charge in [0, 0.05) is 31.9 Å². The van der Waals surface area contributed by atoms with E-state index in [1.807, 2.05) is 0 Å². The topological polar surface area (TPSA) is 96.7 Å². The number of carbonyl (C=O) groups excluding carboxylic acids is 1. The van der Waals surface area contributed by atoms with Crippen LogP contribution < -0.4 is 15.6 Å². The first-order valence-corrected chi connectivity index (χ1v) is 12.2. The lowest BCUT2D eigenvalue weighted by Crippen LogP contribution is -2.60. The summed E-state index contributed by atoms with van der Waals surface area (Å²) in [5.41, 5.74) is -0.313. The van der Waals surface area contributed by atoms with Crippen molar-refractivity contribution in [3.05, 3.63) is 21.6 Å². The van der Waals surface area contributed by atoms with E-state index < -0.39 is 17.3 Å². The molecule has 4 atom stereocenters. The second kappa shape index (κ2) is 7.18. The third-order valence-corrected chi connectivity index (χ3v) is 9.06. The van der Waals surface area contributed by atoms with E-state index in [2.05, 4.69) is 10.00 Å². The second-order valence-electron chi connectivity index (χ2n) is 10.9. The smallest absolute Gasteiger partial charge is 0.288 e. The Kier molecular flexibility index (Phi) is 4.69. The summed E-state index contributed by atoms with van der Waals surface area (Å²) >= 11 is 6.66. The van der Waals surface area contributed by atoms with Crippen molar-refractivity contribution in [2.45, 2.75) is 69.1 Å². The summed E-state index contributed by atoms with van der Waals surface area (Å²) in [7, 11) is 0. The molecule has 1 aromatic rings. The molecule has 2 unspecified atom stereocenters. The first-order chi connectivity index (χ1) is 15.3. The number of carboxylic acid groups (broad SMARTS) is 1. The van der Waals surface area contributed by atoms with E-state index in [1.165, 1.54) is 0 Å². The summed E-state index contributed by atoms with van der Waals surface area (Å²) in [4.78, 5) is 27.1. The van der Waals surface area contributed by atoms with E-state index in [9.17, 15) is 14.7 Å². The lowest BCUT2D eigenvalue weighted by atomic mass is 9.46. The van der Waals surface area contributed by atoms with Gasteiger partial charge in [-0.1, -0.05) is 11.6 Å². The van der Waals surface area contributed by atoms with Crippen molar-refractivity contribution in [1.29, 1.82) is 0 Å². The van der Waals surface area contributed by atoms with Crippen LogP contribution in [0.2, 0.25) is 5.02 Å². The first-order valence-electron chi connectivity index (χ1n) is 11.8. The minimum atomic E-state index is -0.992. The van der Waals surface area contributed by atoms with Gasteiger partial charge in [0.15, 0.2) is 5.79 Å². The number of hydrogen-bond acceptors (Lipinski definition) is 7. The summed E-state index contributed by atoms with van der Waals surface area (Å²) in [5.74, 6) is -0.605. The van der Waals surface area contributed by atoms with Gasteiger partial charge in [0.25, 0.3) is 5.56 Å². The maximum absolute atomic E-state index is 13.5. The van der Waals surface area contributed by atoms with E-state index in [1.54, 1.807) is 10.9 Å². The number of anilines is 1. The third-order valence-electron chi connectivity index (χ3n) is 8.70. The Labute approximate surface area is 191 Å². The van der Waals surface area contributed by atoms with E-state index in [-0.39, 0.29) is 22.4 Å². The molecule has 7 rings (SSSR count). The van der Waals surface area contributed by atoms with Crippen molar-refractivity contribution in [2.24, 2.45) is 17.3 Å². The number of nitrogens with zero attached hydrogens (tertiary/aromatic N) is 3. The van der Waals surface area contributed by atoms with Crippen LogP contribution in [0.15, 0.2) is 11.0 Å². The number of carboxylic acids is 1. The van der Waals surface area contributed by atoms with Gasteiger partial charge in [0.05, 0.1) is 30.6 Å². The monoisotopic (exact) mass is 462 g/mol. The highest BCUT2D eigenvalue weighted by Gasteiger charge is 2.59. The van der Waals surface area contributed by atoms with Gasteiger partial charge < -0.3 is 24.3 Å². The fourth-order valence-electron chi connectivity index (χ4n) is 8.02. The van der Waals surface area contributed by atoms with Gasteiger partial charge in [0.2, 0.25) is 0 Å². The average Bonchev–Trinajstić information content (AvgIpc) is 3.17. The molecule has 6 fully saturated rings. The molecule has 4 bridgehead atoms. The van der Waals surface area contributed by atoms with Gasteiger partial charge >= 0.3 is 0 Å². The molecular formula is C23H29ClN3O5-. The van der Waals surface area contributed by atoms with Crippen molar-refractivity contribution in [3.63, 3.8) is 0 Å². The van der Waals surface area contributed by atoms with Crippen molar-refractivity contribution < 1.29 is 19.4 Å². The van der Waals surface area contributed by atoms with Crippen LogP contribution in [-0.4, -0.2) is 47.8 Å². The molecule has 0 aromatic carbocycles. The molecule has 2 aliphatic heterocycles. The summed E-state index contributed by atoms with van der Waals surface area (Å²) in [6.45, 7) is 2.63. The molecule has 8 nitrogen and oxygen atoms in total. The lowest BCUT2D eigenvalue weighted by Gasteiger charge is -2.62. The summed E-state index contributed by atoms with van der Waals surface area (Å²) < 4.78 is 13.2. The van der Waals surface area contributed by atoms with E-state index in [0.29, 0.717) is 50.2 Å². The van der Waals surface area contributed by atoms with Crippen LogP contribution in [0.25, 0.3) is 0 Å². The Morgan fingerprint density at radius 3 is 2.44 bits per heavy atom. The van der Waals surface area contributed by atoms with Crippen LogP contribution in [0.4, 0.5) is 5.69 Å². The number of ether oxygens (including phenoxy) is 2. The predicted molar refractivity (Wildman–Crippen MR) is 114 cm³/mol. The summed E-state index contributed by atoms with van der Waals surface area (Å²) in [5, 5.41) is 16.4. The standard InChI is InChI=1S/C23H30ClN3O5/c24-19-17(26-3-1-23(2-4-26)31-5-6-32-23)13-25-27(20(19)30)22-10-15-7-16(11-22)9-21(8-15,14-22)12-18(28)29/h13,15-16H,1-12,14H2,(H,28,29)/p-1/t15-,16+,21?,22?. The molecule has 1 aromatic heterocycles. The van der Waals surface area contributed by atoms with Crippen molar-refractivity contribution >= 4 is 23.3 Å². The minimum Gasteiger partial charge on any atom is -0.550 e.